The van der Waals surface area contributed by atoms with Crippen molar-refractivity contribution in [2.45, 2.75) is 59.5 Å². The Bertz CT molecular complexity index is 1220. The maximum absolute atomic E-state index is 11.6. The fraction of sp³-hybridized carbons (Fsp3) is 0.474. The number of aromatic nitrogens is 8. The van der Waals surface area contributed by atoms with Gasteiger partial charge in [0.05, 0.1) is 12.7 Å². The third kappa shape index (κ3) is 3.96. The van der Waals surface area contributed by atoms with Crippen LogP contribution in [0.5, 0.6) is 0 Å². The number of nitrogens with zero attached hydrogens (tertiary/aromatic N) is 7. The summed E-state index contributed by atoms with van der Waals surface area (Å²) in [5, 5.41) is 0. The van der Waals surface area contributed by atoms with Crippen LogP contribution in [-0.4, -0.2) is 39.0 Å². The Morgan fingerprint density at radius 3 is 2.00 bits per heavy atom. The number of anilines is 1. The van der Waals surface area contributed by atoms with Crippen LogP contribution >= 0.6 is 0 Å². The molecule has 10 heteroatoms. The predicted octanol–water partition coefficient (Wildman–Crippen LogP) is 2.35. The van der Waals surface area contributed by atoms with Gasteiger partial charge in [-0.2, -0.15) is 0 Å². The van der Waals surface area contributed by atoms with Gasteiger partial charge in [0.2, 0.25) is 0 Å². The quantitative estimate of drug-likeness (QED) is 0.465. The summed E-state index contributed by atoms with van der Waals surface area (Å²) in [4.78, 5) is 34.9. The summed E-state index contributed by atoms with van der Waals surface area (Å²) in [5.74, 6) is 1.04. The van der Waals surface area contributed by atoms with Crippen LogP contribution in [0.1, 0.15) is 47.4 Å². The molecular weight excluding hydrogens is 370 g/mol. The van der Waals surface area contributed by atoms with Gasteiger partial charge in [0.15, 0.2) is 22.6 Å². The van der Waals surface area contributed by atoms with Crippen molar-refractivity contribution in [3.8, 4) is 0 Å². The minimum atomic E-state index is -0.180. The van der Waals surface area contributed by atoms with Crippen LogP contribution < -0.4 is 11.3 Å². The van der Waals surface area contributed by atoms with Crippen molar-refractivity contribution in [3.05, 3.63) is 35.2 Å². The number of nitrogen functional groups attached to an aromatic ring is 1. The zero-order valence-electron chi connectivity index (χ0n) is 17.8. The Morgan fingerprint density at radius 1 is 0.862 bits per heavy atom. The number of aryl methyl sites for hydroxylation is 1. The maximum Gasteiger partial charge on any atom is 0.279 e. The van der Waals surface area contributed by atoms with Crippen LogP contribution in [0.25, 0.3) is 22.3 Å². The lowest BCUT2D eigenvalue weighted by atomic mass is 10.1. The number of hydrogen-bond acceptors (Lipinski definition) is 7. The van der Waals surface area contributed by atoms with Gasteiger partial charge >= 0.3 is 0 Å². The molecule has 0 aromatic carbocycles. The number of rotatable bonds is 0. The summed E-state index contributed by atoms with van der Waals surface area (Å²) < 4.78 is 3.89. The number of fused-ring (bicyclic) bond motifs is 2. The summed E-state index contributed by atoms with van der Waals surface area (Å²) in [6, 6.07) is 0. The van der Waals surface area contributed by atoms with Crippen molar-refractivity contribution >= 4 is 28.1 Å². The molecule has 0 radical (unpaired) electrons. The smallest absolute Gasteiger partial charge is 0.279 e. The lowest BCUT2D eigenvalue weighted by Gasteiger charge is -2.20. The van der Waals surface area contributed by atoms with E-state index in [1.54, 1.807) is 19.6 Å². The Kier molecular flexibility index (Phi) is 4.89. The highest BCUT2D eigenvalue weighted by molar-refractivity contribution is 5.81. The van der Waals surface area contributed by atoms with Crippen LogP contribution in [0.3, 0.4) is 0 Å². The van der Waals surface area contributed by atoms with E-state index in [0.717, 1.165) is 5.65 Å². The minimum absolute atomic E-state index is 0.0461. The van der Waals surface area contributed by atoms with E-state index in [1.807, 2.05) is 29.9 Å². The van der Waals surface area contributed by atoms with Crippen molar-refractivity contribution < 1.29 is 0 Å². The summed E-state index contributed by atoms with van der Waals surface area (Å²) >= 11 is 0. The number of hydrogen-bond donors (Lipinski definition) is 2. The van der Waals surface area contributed by atoms with Crippen molar-refractivity contribution in [1.82, 2.24) is 39.0 Å². The molecule has 4 aromatic rings. The van der Waals surface area contributed by atoms with Crippen LogP contribution in [-0.2, 0) is 11.1 Å². The molecule has 10 nitrogen and oxygen atoms in total. The lowest BCUT2D eigenvalue weighted by Crippen LogP contribution is -2.22. The van der Waals surface area contributed by atoms with Gasteiger partial charge in [0.25, 0.3) is 5.56 Å². The number of H-pyrrole nitrogens is 1. The maximum atomic E-state index is 11.6. The van der Waals surface area contributed by atoms with Crippen LogP contribution in [0.2, 0.25) is 0 Å². The third-order valence-electron chi connectivity index (χ3n) is 4.33. The van der Waals surface area contributed by atoms with Gasteiger partial charge in [-0.3, -0.25) is 4.79 Å². The second-order valence-electron chi connectivity index (χ2n) is 8.83. The van der Waals surface area contributed by atoms with Crippen molar-refractivity contribution in [2.75, 3.05) is 5.73 Å². The topological polar surface area (TPSA) is 133 Å². The first kappa shape index (κ1) is 20.4. The zero-order valence-corrected chi connectivity index (χ0v) is 17.8. The molecule has 154 valence electrons. The standard InChI is InChI=1S/C10H14N4O.C9H13N5/c1-6-12-8-7(9(15)13-6)11-5-14(8)10(2,3)4;1-9(2,3)14-5-13-6-7(10)11-4-12-8(6)14/h5H,1-4H3,(H,12,13,15);4-5H,1-3H3,(H2,10,11,12). The summed E-state index contributed by atoms with van der Waals surface area (Å²) in [5.41, 5.74) is 7.83. The monoisotopic (exact) mass is 397 g/mol. The zero-order chi connectivity index (χ0) is 21.6. The minimum Gasteiger partial charge on any atom is -0.382 e. The van der Waals surface area contributed by atoms with E-state index >= 15 is 0 Å². The number of nitrogens with one attached hydrogen (secondary N) is 1. The first-order chi connectivity index (χ1) is 13.4. The number of imidazole rings is 2. The average Bonchev–Trinajstić information content (AvgIpc) is 3.19. The van der Waals surface area contributed by atoms with E-state index in [4.69, 9.17) is 5.73 Å². The molecule has 3 N–H and O–H groups in total. The number of aromatic amines is 1. The van der Waals surface area contributed by atoms with E-state index in [9.17, 15) is 4.79 Å². The summed E-state index contributed by atoms with van der Waals surface area (Å²) in [7, 11) is 0. The van der Waals surface area contributed by atoms with Crippen LogP contribution in [0.15, 0.2) is 23.8 Å². The Labute approximate surface area is 168 Å². The summed E-state index contributed by atoms with van der Waals surface area (Å²) in [6.07, 6.45) is 4.86. The van der Waals surface area contributed by atoms with Gasteiger partial charge in [0.1, 0.15) is 17.7 Å². The second kappa shape index (κ2) is 6.94. The highest BCUT2D eigenvalue weighted by Crippen LogP contribution is 2.22. The fourth-order valence-electron chi connectivity index (χ4n) is 2.85. The lowest BCUT2D eigenvalue weighted by molar-refractivity contribution is 0.405. The van der Waals surface area contributed by atoms with E-state index in [2.05, 4.69) is 50.7 Å². The molecule has 0 aliphatic carbocycles. The molecule has 0 fully saturated rings. The molecule has 0 saturated carbocycles. The van der Waals surface area contributed by atoms with Crippen molar-refractivity contribution in [3.63, 3.8) is 0 Å². The number of nitrogens with two attached hydrogens (primary N) is 1. The van der Waals surface area contributed by atoms with E-state index in [-0.39, 0.29) is 16.6 Å². The van der Waals surface area contributed by atoms with Crippen molar-refractivity contribution in [1.29, 1.82) is 0 Å². The largest absolute Gasteiger partial charge is 0.382 e. The molecule has 0 spiro atoms. The molecule has 0 bridgehead atoms. The van der Waals surface area contributed by atoms with Crippen LogP contribution in [0.4, 0.5) is 5.82 Å². The first-order valence-corrected chi connectivity index (χ1v) is 9.28. The van der Waals surface area contributed by atoms with E-state index in [1.165, 1.54) is 6.33 Å². The third-order valence-corrected chi connectivity index (χ3v) is 4.33. The highest BCUT2D eigenvalue weighted by atomic mass is 16.1. The molecule has 0 saturated heterocycles. The molecular formula is C19H27N9O. The van der Waals surface area contributed by atoms with E-state index in [0.29, 0.717) is 28.3 Å². The molecule has 0 atom stereocenters. The molecule has 0 aliphatic heterocycles. The predicted molar refractivity (Wildman–Crippen MR) is 113 cm³/mol. The molecule has 0 amide bonds. The van der Waals surface area contributed by atoms with Crippen LogP contribution in [0, 0.1) is 6.92 Å². The average molecular weight is 397 g/mol. The molecule has 4 heterocycles. The Balaban J connectivity index is 0.000000166. The molecule has 4 rings (SSSR count). The normalized spacial score (nSPS) is 12.2. The molecule has 29 heavy (non-hydrogen) atoms. The second-order valence-corrected chi connectivity index (χ2v) is 8.83. The SMILES string of the molecule is CC(C)(C)n1cnc2c(N)ncnc21.Cc1nc2c(ncn2C(C)(C)C)c(=O)[nH]1. The van der Waals surface area contributed by atoms with E-state index < -0.39 is 0 Å². The van der Waals surface area contributed by atoms with Gasteiger partial charge in [-0.1, -0.05) is 0 Å². The highest BCUT2D eigenvalue weighted by Gasteiger charge is 2.19. The van der Waals surface area contributed by atoms with Gasteiger partial charge in [-0.25, -0.2) is 24.9 Å². The summed E-state index contributed by atoms with van der Waals surface area (Å²) in [6.45, 7) is 14.2. The van der Waals surface area contributed by atoms with Crippen molar-refractivity contribution in [2.24, 2.45) is 0 Å². The fourth-order valence-corrected chi connectivity index (χ4v) is 2.85. The Hall–Kier alpha value is -3.30. The van der Waals surface area contributed by atoms with Gasteiger partial charge in [-0.05, 0) is 48.5 Å². The van der Waals surface area contributed by atoms with Gasteiger partial charge < -0.3 is 19.9 Å². The van der Waals surface area contributed by atoms with Gasteiger partial charge in [0, 0.05) is 11.1 Å². The Morgan fingerprint density at radius 2 is 1.41 bits per heavy atom. The molecule has 0 unspecified atom stereocenters. The molecule has 0 aliphatic rings. The first-order valence-electron chi connectivity index (χ1n) is 9.28. The van der Waals surface area contributed by atoms with Gasteiger partial charge in [-0.15, -0.1) is 0 Å². The molecule has 4 aromatic heterocycles.